The monoisotopic (exact) mass is 576 g/mol. The first kappa shape index (κ1) is 33.6. The Labute approximate surface area is 260 Å². The summed E-state index contributed by atoms with van der Waals surface area (Å²) in [5.74, 6) is 0.608. The van der Waals surface area contributed by atoms with Gasteiger partial charge in [0.2, 0.25) is 0 Å². The maximum atomic E-state index is 13.9. The summed E-state index contributed by atoms with van der Waals surface area (Å²) in [7, 11) is 1.69. The van der Waals surface area contributed by atoms with Crippen molar-refractivity contribution >= 4 is 16.7 Å². The van der Waals surface area contributed by atoms with Gasteiger partial charge in [0.1, 0.15) is 11.6 Å². The van der Waals surface area contributed by atoms with E-state index in [0.717, 1.165) is 42.6 Å². The summed E-state index contributed by atoms with van der Waals surface area (Å²) >= 11 is 0. The molecule has 0 saturated carbocycles. The maximum absolute atomic E-state index is 13.9. The summed E-state index contributed by atoms with van der Waals surface area (Å²) in [6, 6.07) is 25.7. The van der Waals surface area contributed by atoms with Crippen LogP contribution < -0.4 is 4.74 Å². The largest absolute Gasteiger partial charge is 0.497 e. The van der Waals surface area contributed by atoms with E-state index in [1.807, 2.05) is 30.3 Å². The predicted molar refractivity (Wildman–Crippen MR) is 185 cm³/mol. The highest BCUT2D eigenvalue weighted by atomic mass is 19.1. The van der Waals surface area contributed by atoms with Gasteiger partial charge >= 0.3 is 0 Å². The van der Waals surface area contributed by atoms with Crippen LogP contribution in [0.5, 0.6) is 5.75 Å². The third-order valence-corrected chi connectivity index (χ3v) is 7.85. The highest BCUT2D eigenvalue weighted by Crippen LogP contribution is 2.29. The molecule has 0 unspecified atom stereocenters. The van der Waals surface area contributed by atoms with Crippen molar-refractivity contribution in [3.63, 3.8) is 0 Å². The van der Waals surface area contributed by atoms with Gasteiger partial charge in [-0.05, 0) is 95.9 Å². The van der Waals surface area contributed by atoms with Crippen molar-refractivity contribution < 1.29 is 9.13 Å². The molecule has 0 fully saturated rings. The Morgan fingerprint density at radius 2 is 1.26 bits per heavy atom. The van der Waals surface area contributed by atoms with Crippen LogP contribution in [0.2, 0.25) is 0 Å². The third-order valence-electron chi connectivity index (χ3n) is 7.85. The summed E-state index contributed by atoms with van der Waals surface area (Å²) < 4.78 is 19.3. The molecule has 3 aromatic carbocycles. The molecule has 0 aliphatic rings. The Morgan fingerprint density at radius 1 is 0.674 bits per heavy atom. The van der Waals surface area contributed by atoms with Crippen molar-refractivity contribution in [1.82, 2.24) is 0 Å². The van der Waals surface area contributed by atoms with E-state index >= 15 is 0 Å². The third kappa shape index (κ3) is 12.5. The number of unbranched alkanes of at least 4 members (excludes halogenated alkanes) is 8. The lowest BCUT2D eigenvalue weighted by molar-refractivity contribution is 0.414. The first-order valence-corrected chi connectivity index (χ1v) is 16.0. The quantitative estimate of drug-likeness (QED) is 0.102. The molecule has 2 heteroatoms. The zero-order valence-electron chi connectivity index (χ0n) is 26.3. The van der Waals surface area contributed by atoms with Crippen molar-refractivity contribution in [2.24, 2.45) is 0 Å². The van der Waals surface area contributed by atoms with Crippen LogP contribution in [0.15, 0.2) is 115 Å². The fourth-order valence-electron chi connectivity index (χ4n) is 5.30. The van der Waals surface area contributed by atoms with E-state index < -0.39 is 0 Å². The number of ether oxygens (including phenoxy) is 1. The second-order valence-corrected chi connectivity index (χ2v) is 11.1. The topological polar surface area (TPSA) is 9.23 Å². The highest BCUT2D eigenvalue weighted by Gasteiger charge is 2.07. The van der Waals surface area contributed by atoms with Crippen LogP contribution in [-0.4, -0.2) is 7.11 Å². The highest BCUT2D eigenvalue weighted by molar-refractivity contribution is 5.75. The average molecular weight is 577 g/mol. The second-order valence-electron chi connectivity index (χ2n) is 11.1. The number of methoxy groups -OCH3 is 1. The number of benzene rings is 3. The van der Waals surface area contributed by atoms with Gasteiger partial charge in [0, 0.05) is 0 Å². The lowest BCUT2D eigenvalue weighted by Crippen LogP contribution is -1.91. The van der Waals surface area contributed by atoms with E-state index in [1.165, 1.54) is 73.6 Å². The zero-order chi connectivity index (χ0) is 30.5. The molecule has 0 amide bonds. The van der Waals surface area contributed by atoms with Crippen LogP contribution in [0, 0.1) is 5.82 Å². The van der Waals surface area contributed by atoms with Gasteiger partial charge in [-0.2, -0.15) is 0 Å². The Bertz CT molecular complexity index is 1350. The molecular formula is C41H49FO. The van der Waals surface area contributed by atoms with Crippen molar-refractivity contribution in [3.05, 3.63) is 138 Å². The minimum atomic E-state index is -0.220. The SMILES string of the molecule is C=C=CC/C(=C\C/C(=C/C/C(=C/CCCCCCCCCC)c1ccccc1)c1ccc(F)cc1)c1cccc(OC)c1. The Morgan fingerprint density at radius 3 is 1.91 bits per heavy atom. The second kappa shape index (κ2) is 20.1. The summed E-state index contributed by atoms with van der Waals surface area (Å²) in [6.07, 6.45) is 22.9. The van der Waals surface area contributed by atoms with Gasteiger partial charge < -0.3 is 4.74 Å². The van der Waals surface area contributed by atoms with Crippen LogP contribution in [0.1, 0.15) is 101 Å². The van der Waals surface area contributed by atoms with Crippen molar-refractivity contribution in [3.8, 4) is 5.75 Å². The van der Waals surface area contributed by atoms with Gasteiger partial charge in [-0.25, -0.2) is 4.39 Å². The first-order valence-electron chi connectivity index (χ1n) is 16.0. The van der Waals surface area contributed by atoms with Crippen molar-refractivity contribution in [2.75, 3.05) is 7.11 Å². The molecule has 43 heavy (non-hydrogen) atoms. The summed E-state index contributed by atoms with van der Waals surface area (Å²) in [5, 5.41) is 0. The fourth-order valence-corrected chi connectivity index (χ4v) is 5.30. The maximum Gasteiger partial charge on any atom is 0.123 e. The molecular weight excluding hydrogens is 527 g/mol. The standard InChI is InChI=1S/C41H49FO/c1-4-6-8-9-10-11-12-13-15-22-35(34-20-16-14-17-21-34)25-27-37(38-29-31-40(42)32-30-38)28-26-36(19-7-5-2)39-23-18-24-41(33-39)43-3/h7,14,16-18,20-24,26-27,29-33H,2,4,6,8-13,15,19,25,28H2,1,3H3/b35-22-,36-26+,37-27-. The molecule has 0 saturated heterocycles. The van der Waals surface area contributed by atoms with Gasteiger partial charge in [-0.15, -0.1) is 5.73 Å². The molecule has 0 aliphatic heterocycles. The molecule has 0 radical (unpaired) electrons. The van der Waals surface area contributed by atoms with E-state index in [1.54, 1.807) is 19.2 Å². The van der Waals surface area contributed by atoms with Gasteiger partial charge in [-0.1, -0.05) is 131 Å². The number of allylic oxidation sites excluding steroid dienone is 7. The number of hydrogen-bond acceptors (Lipinski definition) is 1. The summed E-state index contributed by atoms with van der Waals surface area (Å²) in [5.41, 5.74) is 10.0. The van der Waals surface area contributed by atoms with Gasteiger partial charge in [-0.3, -0.25) is 0 Å². The predicted octanol–water partition coefficient (Wildman–Crippen LogP) is 12.4. The molecule has 226 valence electrons. The van der Waals surface area contributed by atoms with E-state index in [2.05, 4.69) is 79.9 Å². The van der Waals surface area contributed by atoms with E-state index in [9.17, 15) is 4.39 Å². The van der Waals surface area contributed by atoms with Crippen LogP contribution >= 0.6 is 0 Å². The van der Waals surface area contributed by atoms with E-state index in [4.69, 9.17) is 4.74 Å². The van der Waals surface area contributed by atoms with E-state index in [-0.39, 0.29) is 5.82 Å². The number of rotatable bonds is 19. The van der Waals surface area contributed by atoms with Gasteiger partial charge in [0.15, 0.2) is 0 Å². The van der Waals surface area contributed by atoms with Crippen LogP contribution in [-0.2, 0) is 0 Å². The fraction of sp³-hybridized carbons (Fsp3) is 0.341. The van der Waals surface area contributed by atoms with Crippen molar-refractivity contribution in [2.45, 2.75) is 84.0 Å². The molecule has 3 aromatic rings. The van der Waals surface area contributed by atoms with Crippen LogP contribution in [0.3, 0.4) is 0 Å². The molecule has 0 N–H and O–H groups in total. The first-order chi connectivity index (χ1) is 21.1. The Hall–Kier alpha value is -3.87. The number of halogens is 1. The van der Waals surface area contributed by atoms with Crippen LogP contribution in [0.25, 0.3) is 16.7 Å². The minimum absolute atomic E-state index is 0.220. The van der Waals surface area contributed by atoms with Gasteiger partial charge in [0.25, 0.3) is 0 Å². The molecule has 0 aromatic heterocycles. The lowest BCUT2D eigenvalue weighted by atomic mass is 9.94. The molecule has 0 atom stereocenters. The summed E-state index contributed by atoms with van der Waals surface area (Å²) in [4.78, 5) is 0. The van der Waals surface area contributed by atoms with E-state index in [0.29, 0.717) is 0 Å². The van der Waals surface area contributed by atoms with Crippen molar-refractivity contribution in [1.29, 1.82) is 0 Å². The smallest absolute Gasteiger partial charge is 0.123 e. The molecule has 0 spiro atoms. The molecule has 3 rings (SSSR count). The minimum Gasteiger partial charge on any atom is -0.497 e. The van der Waals surface area contributed by atoms with Crippen LogP contribution in [0.4, 0.5) is 4.39 Å². The molecule has 1 nitrogen and oxygen atoms in total. The van der Waals surface area contributed by atoms with Gasteiger partial charge in [0.05, 0.1) is 7.11 Å². The zero-order valence-corrected chi connectivity index (χ0v) is 26.3. The average Bonchev–Trinajstić information content (AvgIpc) is 3.05. The molecule has 0 heterocycles. The Balaban J connectivity index is 1.83. The lowest BCUT2D eigenvalue weighted by Gasteiger charge is -2.12. The number of hydrogen-bond donors (Lipinski definition) is 0. The Kier molecular flexibility index (Phi) is 15.7. The molecule has 0 aliphatic carbocycles. The summed E-state index contributed by atoms with van der Waals surface area (Å²) in [6.45, 7) is 6.03. The normalized spacial score (nSPS) is 12.2. The molecule has 0 bridgehead atoms.